The Morgan fingerprint density at radius 3 is 0.882 bits per heavy atom. The normalized spacial score (nSPS) is 13.0. The van der Waals surface area contributed by atoms with Crippen molar-refractivity contribution in [2.75, 3.05) is 13.2 Å². The second kappa shape index (κ2) is 65.6. The molecular formula is C71H120O5. The summed E-state index contributed by atoms with van der Waals surface area (Å²) >= 11 is 0. The second-order valence-electron chi connectivity index (χ2n) is 21.1. The molecule has 0 aliphatic carbocycles. The number of hydrogen-bond donors (Lipinski definition) is 1. The highest BCUT2D eigenvalue weighted by Gasteiger charge is 2.16. The number of carbonyl (C=O) groups is 2. The van der Waals surface area contributed by atoms with Gasteiger partial charge >= 0.3 is 11.9 Å². The van der Waals surface area contributed by atoms with Crippen LogP contribution in [0.5, 0.6) is 0 Å². The van der Waals surface area contributed by atoms with Gasteiger partial charge < -0.3 is 14.6 Å². The predicted molar refractivity (Wildman–Crippen MR) is 334 cm³/mol. The molecule has 1 unspecified atom stereocenters. The first-order chi connectivity index (χ1) is 37.6. The van der Waals surface area contributed by atoms with Crippen molar-refractivity contribution in [2.45, 2.75) is 302 Å². The zero-order valence-corrected chi connectivity index (χ0v) is 49.7. The molecule has 0 aromatic carbocycles. The lowest BCUT2D eigenvalue weighted by atomic mass is 10.0. The van der Waals surface area contributed by atoms with Crippen molar-refractivity contribution >= 4 is 11.9 Å². The first kappa shape index (κ1) is 72.3. The van der Waals surface area contributed by atoms with Crippen molar-refractivity contribution in [3.05, 3.63) is 122 Å². The quantitative estimate of drug-likeness (QED) is 0.0373. The summed E-state index contributed by atoms with van der Waals surface area (Å²) in [5.41, 5.74) is 0. The standard InChI is InChI=1S/C71H120O5/c1-3-5-7-9-11-13-15-17-19-21-23-25-27-29-31-33-35-37-39-41-43-45-47-49-51-53-55-57-59-61-63-65-70(73)75-68-69(67-72)76-71(74)66-64-62-60-58-56-54-52-50-48-46-44-42-40-38-36-34-32-30-28-26-24-22-20-18-16-14-12-10-8-6-4-2/h6,8,12,14,18,20-21,23-24,26,30,32,36,38,42,44,48,50,54,56,69,72H,3-5,7,9-11,13,15-17,19,22,25,27-29,31,33-35,37,39-41,43,45-47,49,51-53,55,57-68H2,1-2H3/b8-6-,14-12-,20-18-,23-21-,26-24-,32-30-,38-36-,44-42-,50-48-,56-54-. The summed E-state index contributed by atoms with van der Waals surface area (Å²) in [5.74, 6) is -0.627. The number of unbranched alkanes of at least 4 members (excludes halogenated alkanes) is 30. The molecule has 0 aliphatic heterocycles. The van der Waals surface area contributed by atoms with Crippen molar-refractivity contribution in [1.82, 2.24) is 0 Å². The van der Waals surface area contributed by atoms with E-state index in [4.69, 9.17) is 9.47 Å². The van der Waals surface area contributed by atoms with Crippen LogP contribution in [0.2, 0.25) is 0 Å². The van der Waals surface area contributed by atoms with Gasteiger partial charge in [-0.3, -0.25) is 9.59 Å². The van der Waals surface area contributed by atoms with Crippen molar-refractivity contribution < 1.29 is 24.2 Å². The first-order valence-corrected chi connectivity index (χ1v) is 32.1. The van der Waals surface area contributed by atoms with E-state index in [1.807, 2.05) is 0 Å². The molecule has 5 nitrogen and oxygen atoms in total. The highest BCUT2D eigenvalue weighted by molar-refractivity contribution is 5.70. The van der Waals surface area contributed by atoms with Crippen molar-refractivity contribution in [3.63, 3.8) is 0 Å². The summed E-state index contributed by atoms with van der Waals surface area (Å²) in [7, 11) is 0. The molecule has 0 aromatic rings. The van der Waals surface area contributed by atoms with Gasteiger partial charge in [-0.1, -0.05) is 296 Å². The minimum Gasteiger partial charge on any atom is -0.462 e. The molecule has 0 aliphatic rings. The number of aliphatic hydroxyl groups excluding tert-OH is 1. The van der Waals surface area contributed by atoms with Gasteiger partial charge in [0.2, 0.25) is 0 Å². The van der Waals surface area contributed by atoms with Crippen LogP contribution in [0, 0.1) is 0 Å². The van der Waals surface area contributed by atoms with Crippen LogP contribution >= 0.6 is 0 Å². The SMILES string of the molecule is CC/C=C\C/C=C\C/C=C\C/C=C\C/C=C\C/C=C\C/C=C\C/C=C\C/C=C\CCCCCC(=O)OC(CO)COC(=O)CCCCCCCCCCCCCCCCCCCCC/C=C\CCCCCCCCCC. The minimum absolute atomic E-state index is 0.0843. The van der Waals surface area contributed by atoms with Crippen LogP contribution in [0.4, 0.5) is 0 Å². The highest BCUT2D eigenvalue weighted by Crippen LogP contribution is 2.16. The molecule has 0 fully saturated rings. The third kappa shape index (κ3) is 62.8. The van der Waals surface area contributed by atoms with Gasteiger partial charge in [-0.15, -0.1) is 0 Å². The predicted octanol–water partition coefficient (Wildman–Crippen LogP) is 22.2. The molecule has 0 bridgehead atoms. The molecule has 76 heavy (non-hydrogen) atoms. The maximum Gasteiger partial charge on any atom is 0.306 e. The van der Waals surface area contributed by atoms with Gasteiger partial charge in [0.25, 0.3) is 0 Å². The zero-order chi connectivity index (χ0) is 54.8. The van der Waals surface area contributed by atoms with Gasteiger partial charge in [0.1, 0.15) is 6.61 Å². The Labute approximate surface area is 471 Å². The maximum atomic E-state index is 12.3. The number of hydrogen-bond acceptors (Lipinski definition) is 5. The fourth-order valence-corrected chi connectivity index (χ4v) is 8.96. The van der Waals surface area contributed by atoms with Crippen molar-refractivity contribution in [2.24, 2.45) is 0 Å². The molecule has 0 spiro atoms. The number of esters is 2. The molecule has 1 atom stereocenters. The summed E-state index contributed by atoms with van der Waals surface area (Å²) in [4.78, 5) is 24.6. The Hall–Kier alpha value is -3.70. The van der Waals surface area contributed by atoms with E-state index >= 15 is 0 Å². The molecule has 1 N–H and O–H groups in total. The van der Waals surface area contributed by atoms with Gasteiger partial charge in [-0.25, -0.2) is 0 Å². The van der Waals surface area contributed by atoms with Crippen LogP contribution in [0.25, 0.3) is 0 Å². The van der Waals surface area contributed by atoms with Crippen LogP contribution in [0.15, 0.2) is 122 Å². The topological polar surface area (TPSA) is 72.8 Å². The van der Waals surface area contributed by atoms with Gasteiger partial charge in [-0.05, 0) is 109 Å². The molecule has 434 valence electrons. The van der Waals surface area contributed by atoms with E-state index in [9.17, 15) is 14.7 Å². The van der Waals surface area contributed by atoms with Crippen LogP contribution in [-0.2, 0) is 19.1 Å². The van der Waals surface area contributed by atoms with E-state index in [0.717, 1.165) is 103 Å². The maximum absolute atomic E-state index is 12.3. The van der Waals surface area contributed by atoms with E-state index in [0.29, 0.717) is 12.8 Å². The molecule has 5 heteroatoms. The van der Waals surface area contributed by atoms with E-state index in [1.165, 1.54) is 167 Å². The Balaban J connectivity index is 3.56. The van der Waals surface area contributed by atoms with Crippen molar-refractivity contribution in [1.29, 1.82) is 0 Å². The molecular weight excluding hydrogens is 933 g/mol. The number of rotatable bonds is 58. The van der Waals surface area contributed by atoms with Gasteiger partial charge in [-0.2, -0.15) is 0 Å². The van der Waals surface area contributed by atoms with E-state index in [1.54, 1.807) is 0 Å². The Kier molecular flexibility index (Phi) is 62.4. The molecule has 0 aromatic heterocycles. The lowest BCUT2D eigenvalue weighted by molar-refractivity contribution is -0.161. The van der Waals surface area contributed by atoms with Crippen LogP contribution in [-0.4, -0.2) is 36.4 Å². The largest absolute Gasteiger partial charge is 0.462 e. The van der Waals surface area contributed by atoms with E-state index in [2.05, 4.69) is 135 Å². The Bertz CT molecular complexity index is 1520. The number of allylic oxidation sites excluding steroid dienone is 20. The van der Waals surface area contributed by atoms with Crippen molar-refractivity contribution in [3.8, 4) is 0 Å². The van der Waals surface area contributed by atoms with Gasteiger partial charge in [0.05, 0.1) is 6.61 Å². The fourth-order valence-electron chi connectivity index (χ4n) is 8.96. The second-order valence-corrected chi connectivity index (χ2v) is 21.1. The van der Waals surface area contributed by atoms with Crippen LogP contribution < -0.4 is 0 Å². The number of ether oxygens (including phenoxy) is 2. The Morgan fingerprint density at radius 1 is 0.316 bits per heavy atom. The molecule has 0 heterocycles. The molecule has 0 saturated carbocycles. The fraction of sp³-hybridized carbons (Fsp3) is 0.690. The van der Waals surface area contributed by atoms with Crippen LogP contribution in [0.3, 0.4) is 0 Å². The summed E-state index contributed by atoms with van der Waals surface area (Å²) < 4.78 is 10.7. The lowest BCUT2D eigenvalue weighted by Gasteiger charge is -2.15. The van der Waals surface area contributed by atoms with E-state index < -0.39 is 6.10 Å². The zero-order valence-electron chi connectivity index (χ0n) is 49.7. The summed E-state index contributed by atoms with van der Waals surface area (Å²) in [6.45, 7) is 4.02. The minimum atomic E-state index is -0.799. The summed E-state index contributed by atoms with van der Waals surface area (Å²) in [6.07, 6.45) is 96.3. The Morgan fingerprint density at radius 2 is 0.566 bits per heavy atom. The highest BCUT2D eigenvalue weighted by atomic mass is 16.6. The number of aliphatic hydroxyl groups is 1. The lowest BCUT2D eigenvalue weighted by Crippen LogP contribution is -2.28. The summed E-state index contributed by atoms with van der Waals surface area (Å²) in [5, 5.41) is 9.68. The van der Waals surface area contributed by atoms with Crippen LogP contribution in [0.1, 0.15) is 296 Å². The van der Waals surface area contributed by atoms with Gasteiger partial charge in [0.15, 0.2) is 6.10 Å². The average molecular weight is 1050 g/mol. The van der Waals surface area contributed by atoms with E-state index in [-0.39, 0.29) is 25.2 Å². The third-order valence-electron chi connectivity index (χ3n) is 13.7. The monoisotopic (exact) mass is 1050 g/mol. The molecule has 0 rings (SSSR count). The third-order valence-corrected chi connectivity index (χ3v) is 13.7. The first-order valence-electron chi connectivity index (χ1n) is 32.1. The molecule has 0 saturated heterocycles. The number of carbonyl (C=O) groups excluding carboxylic acids is 2. The molecule has 0 amide bonds. The molecule has 0 radical (unpaired) electrons. The average Bonchev–Trinajstić information content (AvgIpc) is 3.42. The summed E-state index contributed by atoms with van der Waals surface area (Å²) in [6, 6.07) is 0. The smallest absolute Gasteiger partial charge is 0.306 e. The van der Waals surface area contributed by atoms with Gasteiger partial charge in [0, 0.05) is 12.8 Å².